The Morgan fingerprint density at radius 1 is 1.12 bits per heavy atom. The zero-order valence-electron chi connectivity index (χ0n) is 16.6. The molecule has 3 atom stereocenters. The third-order valence-corrected chi connectivity index (χ3v) is 5.56. The molecule has 1 aliphatic heterocycles. The maximum absolute atomic E-state index is 15.1. The summed E-state index contributed by atoms with van der Waals surface area (Å²) in [5, 5.41) is 3.45. The minimum absolute atomic E-state index is 0.0193. The molecule has 1 aliphatic rings. The monoisotopic (exact) mass is 358 g/mol. The fraction of sp³-hybridized carbons (Fsp3) is 0.895. The van der Waals surface area contributed by atoms with Gasteiger partial charge in [-0.25, -0.2) is 4.39 Å². The molecule has 1 fully saturated rings. The Hall–Kier alpha value is -0.580. The van der Waals surface area contributed by atoms with Crippen LogP contribution in [0, 0.1) is 17.8 Å². The van der Waals surface area contributed by atoms with E-state index < -0.39 is 11.2 Å². The predicted octanol–water partition coefficient (Wildman–Crippen LogP) is 5.20. The van der Waals surface area contributed by atoms with Crippen LogP contribution in [-0.2, 0) is 4.79 Å². The Labute approximate surface area is 151 Å². The molecule has 0 spiro atoms. The van der Waals surface area contributed by atoms with Gasteiger partial charge in [-0.2, -0.15) is 0 Å². The third kappa shape index (κ3) is 6.73. The maximum atomic E-state index is 15.1. The minimum atomic E-state index is -1.26. The summed E-state index contributed by atoms with van der Waals surface area (Å²) < 4.78 is 15.1. The second-order valence-electron chi connectivity index (χ2n) is 8.97. The third-order valence-electron chi connectivity index (χ3n) is 4.14. The fourth-order valence-electron chi connectivity index (χ4n) is 3.87. The molecule has 5 heteroatoms. The molecule has 0 aromatic rings. The molecular weight excluding hydrogens is 323 g/mol. The SMILES string of the molecule is CC(C)CC(C)(F)CC(C)(CC(C)C)N=C1NC(=O)C(C(C)C)S1. The normalized spacial score (nSPS) is 25.4. The average Bonchev–Trinajstić information content (AvgIpc) is 2.64. The molecular formula is C19H35FN2OS. The van der Waals surface area contributed by atoms with Gasteiger partial charge in [0.2, 0.25) is 5.91 Å². The lowest BCUT2D eigenvalue weighted by atomic mass is 9.79. The number of thioether (sulfide) groups is 1. The lowest BCUT2D eigenvalue weighted by Gasteiger charge is -2.34. The van der Waals surface area contributed by atoms with Gasteiger partial charge in [0.1, 0.15) is 5.67 Å². The minimum Gasteiger partial charge on any atom is -0.304 e. The van der Waals surface area contributed by atoms with Gasteiger partial charge in [-0.1, -0.05) is 53.3 Å². The summed E-state index contributed by atoms with van der Waals surface area (Å²) in [6.45, 7) is 16.1. The van der Waals surface area contributed by atoms with Crippen LogP contribution in [0.15, 0.2) is 4.99 Å². The van der Waals surface area contributed by atoms with E-state index in [1.807, 2.05) is 34.6 Å². The van der Waals surface area contributed by atoms with Crippen LogP contribution in [0.2, 0.25) is 0 Å². The number of aliphatic imine (C=N–C) groups is 1. The number of carbonyl (C=O) groups excluding carboxylic acids is 1. The summed E-state index contributed by atoms with van der Waals surface area (Å²) in [6.07, 6.45) is 1.71. The fourth-order valence-corrected chi connectivity index (χ4v) is 4.98. The standard InChI is InChI=1S/C19H35FN2OS/c1-12(2)9-18(7,20)11-19(8,10-13(3)4)22-17-21-16(23)15(24-17)14(5)6/h12-15H,9-11H2,1-8H3,(H,21,22,23). The first kappa shape index (κ1) is 21.5. The molecule has 0 aromatic heterocycles. The number of nitrogens with zero attached hydrogens (tertiary/aromatic N) is 1. The smallest absolute Gasteiger partial charge is 0.239 e. The number of halogens is 1. The summed E-state index contributed by atoms with van der Waals surface area (Å²) in [7, 11) is 0. The first-order chi connectivity index (χ1) is 10.8. The van der Waals surface area contributed by atoms with Gasteiger partial charge >= 0.3 is 0 Å². The van der Waals surface area contributed by atoms with E-state index in [1.54, 1.807) is 6.92 Å². The number of hydrogen-bond acceptors (Lipinski definition) is 3. The zero-order valence-corrected chi connectivity index (χ0v) is 17.4. The average molecular weight is 359 g/mol. The number of amidine groups is 1. The highest BCUT2D eigenvalue weighted by molar-refractivity contribution is 8.15. The van der Waals surface area contributed by atoms with E-state index in [4.69, 9.17) is 4.99 Å². The van der Waals surface area contributed by atoms with Crippen LogP contribution in [0.25, 0.3) is 0 Å². The van der Waals surface area contributed by atoms with Crippen molar-refractivity contribution in [1.29, 1.82) is 0 Å². The lowest BCUT2D eigenvalue weighted by molar-refractivity contribution is -0.119. The second-order valence-corrected chi connectivity index (χ2v) is 10.1. The van der Waals surface area contributed by atoms with Crippen LogP contribution >= 0.6 is 11.8 Å². The van der Waals surface area contributed by atoms with Gasteiger partial charge in [0, 0.05) is 6.42 Å². The summed E-state index contributed by atoms with van der Waals surface area (Å²) >= 11 is 1.49. The number of nitrogens with one attached hydrogen (secondary N) is 1. The van der Waals surface area contributed by atoms with Gasteiger partial charge in [-0.05, 0) is 44.4 Å². The van der Waals surface area contributed by atoms with Crippen molar-refractivity contribution < 1.29 is 9.18 Å². The molecule has 140 valence electrons. The Balaban J connectivity index is 3.00. The van der Waals surface area contributed by atoms with Gasteiger partial charge in [-0.15, -0.1) is 0 Å². The highest BCUT2D eigenvalue weighted by Crippen LogP contribution is 2.37. The molecule has 1 amide bonds. The van der Waals surface area contributed by atoms with Crippen LogP contribution in [0.1, 0.15) is 74.7 Å². The molecule has 1 rings (SSSR count). The van der Waals surface area contributed by atoms with Gasteiger partial charge in [0.05, 0.1) is 10.8 Å². The van der Waals surface area contributed by atoms with Crippen molar-refractivity contribution in [2.75, 3.05) is 0 Å². The van der Waals surface area contributed by atoms with Crippen LogP contribution in [0.4, 0.5) is 4.39 Å². The van der Waals surface area contributed by atoms with E-state index in [0.717, 1.165) is 6.42 Å². The molecule has 3 nitrogen and oxygen atoms in total. The van der Waals surface area contributed by atoms with Crippen molar-refractivity contribution in [3.8, 4) is 0 Å². The highest BCUT2D eigenvalue weighted by atomic mass is 32.2. The van der Waals surface area contributed by atoms with Gasteiger partial charge in [-0.3, -0.25) is 9.79 Å². The molecule has 0 saturated carbocycles. The topological polar surface area (TPSA) is 41.5 Å². The first-order valence-corrected chi connectivity index (χ1v) is 9.98. The largest absolute Gasteiger partial charge is 0.304 e. The molecule has 0 aromatic carbocycles. The van der Waals surface area contributed by atoms with Crippen molar-refractivity contribution >= 4 is 22.8 Å². The highest BCUT2D eigenvalue weighted by Gasteiger charge is 2.39. The van der Waals surface area contributed by atoms with Crippen molar-refractivity contribution in [2.45, 2.75) is 91.1 Å². The van der Waals surface area contributed by atoms with E-state index in [-0.39, 0.29) is 17.1 Å². The Morgan fingerprint density at radius 3 is 2.08 bits per heavy atom. The van der Waals surface area contributed by atoms with E-state index in [1.165, 1.54) is 11.8 Å². The number of amides is 1. The Morgan fingerprint density at radius 2 is 1.67 bits per heavy atom. The second kappa shape index (κ2) is 8.20. The zero-order chi connectivity index (χ0) is 18.7. The molecule has 1 heterocycles. The summed E-state index contributed by atoms with van der Waals surface area (Å²) in [4.78, 5) is 16.9. The van der Waals surface area contributed by atoms with Crippen LogP contribution in [-0.4, -0.2) is 27.5 Å². The first-order valence-electron chi connectivity index (χ1n) is 9.10. The molecule has 24 heavy (non-hydrogen) atoms. The molecule has 0 bridgehead atoms. The lowest BCUT2D eigenvalue weighted by Crippen LogP contribution is -2.37. The van der Waals surface area contributed by atoms with Gasteiger partial charge < -0.3 is 5.32 Å². The van der Waals surface area contributed by atoms with Crippen LogP contribution in [0.5, 0.6) is 0 Å². The molecule has 1 saturated heterocycles. The summed E-state index contributed by atoms with van der Waals surface area (Å²) in [6, 6.07) is 0. The summed E-state index contributed by atoms with van der Waals surface area (Å²) in [5.41, 5.74) is -1.76. The molecule has 0 aliphatic carbocycles. The maximum Gasteiger partial charge on any atom is 0.239 e. The number of carbonyl (C=O) groups is 1. The number of rotatable bonds is 8. The van der Waals surface area contributed by atoms with Crippen LogP contribution < -0.4 is 5.32 Å². The number of hydrogen-bond donors (Lipinski definition) is 1. The van der Waals surface area contributed by atoms with E-state index in [2.05, 4.69) is 19.2 Å². The number of alkyl halides is 1. The quantitative estimate of drug-likeness (QED) is 0.648. The van der Waals surface area contributed by atoms with Crippen molar-refractivity contribution in [3.63, 3.8) is 0 Å². The van der Waals surface area contributed by atoms with Crippen molar-refractivity contribution in [1.82, 2.24) is 5.32 Å². The molecule has 0 radical (unpaired) electrons. The van der Waals surface area contributed by atoms with E-state index in [9.17, 15) is 4.79 Å². The molecule has 1 N–H and O–H groups in total. The Bertz CT molecular complexity index is 474. The van der Waals surface area contributed by atoms with E-state index in [0.29, 0.717) is 29.8 Å². The Kier molecular flexibility index (Phi) is 7.33. The van der Waals surface area contributed by atoms with E-state index >= 15 is 4.39 Å². The van der Waals surface area contributed by atoms with Crippen molar-refractivity contribution in [2.24, 2.45) is 22.7 Å². The van der Waals surface area contributed by atoms with Gasteiger partial charge in [0.15, 0.2) is 5.17 Å². The summed E-state index contributed by atoms with van der Waals surface area (Å²) in [5.74, 6) is 0.997. The van der Waals surface area contributed by atoms with Crippen LogP contribution in [0.3, 0.4) is 0 Å². The van der Waals surface area contributed by atoms with Crippen molar-refractivity contribution in [3.05, 3.63) is 0 Å². The van der Waals surface area contributed by atoms with Gasteiger partial charge in [0.25, 0.3) is 0 Å². The molecule has 3 unspecified atom stereocenters. The predicted molar refractivity (Wildman–Crippen MR) is 103 cm³/mol.